The summed E-state index contributed by atoms with van der Waals surface area (Å²) in [6.45, 7) is 13.4. The summed E-state index contributed by atoms with van der Waals surface area (Å²) in [7, 11) is 0. The third-order valence-electron chi connectivity index (χ3n) is 4.98. The Balaban J connectivity index is 1.52. The monoisotopic (exact) mass is 398 g/mol. The third kappa shape index (κ3) is 5.95. The first-order chi connectivity index (χ1) is 13.8. The summed E-state index contributed by atoms with van der Waals surface area (Å²) in [4.78, 5) is 9.15. The minimum Gasteiger partial charge on any atom is -0.492 e. The zero-order chi connectivity index (χ0) is 20.9. The number of rotatable bonds is 6. The van der Waals surface area contributed by atoms with Crippen LogP contribution in [0.2, 0.25) is 0 Å². The largest absolute Gasteiger partial charge is 0.492 e. The van der Waals surface area contributed by atoms with Crippen molar-refractivity contribution in [2.24, 2.45) is 4.99 Å². The SMILES string of the molecule is CCNC(=NCCOc1cccc(C(C)(C)C)c1)NC1CCc2nc(C)nn2C1. The summed E-state index contributed by atoms with van der Waals surface area (Å²) in [5.41, 5.74) is 1.39. The molecule has 1 aromatic carbocycles. The molecule has 0 saturated carbocycles. The molecular formula is C22H34N6O. The molecule has 1 unspecified atom stereocenters. The second-order valence-corrected chi connectivity index (χ2v) is 8.52. The molecule has 7 heteroatoms. The van der Waals surface area contributed by atoms with Crippen LogP contribution in [0.15, 0.2) is 29.3 Å². The number of aromatic nitrogens is 3. The lowest BCUT2D eigenvalue weighted by atomic mass is 9.87. The molecule has 0 bridgehead atoms. The molecule has 1 aliphatic heterocycles. The molecule has 3 rings (SSSR count). The molecule has 0 amide bonds. The fourth-order valence-corrected chi connectivity index (χ4v) is 3.44. The van der Waals surface area contributed by atoms with Crippen LogP contribution in [0.1, 0.15) is 51.3 Å². The Bertz CT molecular complexity index is 836. The third-order valence-corrected chi connectivity index (χ3v) is 4.98. The van der Waals surface area contributed by atoms with Crippen LogP contribution in [-0.4, -0.2) is 46.5 Å². The average Bonchev–Trinajstić information content (AvgIpc) is 3.04. The summed E-state index contributed by atoms with van der Waals surface area (Å²) < 4.78 is 7.93. The Morgan fingerprint density at radius 3 is 2.93 bits per heavy atom. The summed E-state index contributed by atoms with van der Waals surface area (Å²) in [5.74, 6) is 3.64. The second kappa shape index (κ2) is 9.29. The number of hydrogen-bond donors (Lipinski definition) is 2. The van der Waals surface area contributed by atoms with E-state index in [1.165, 1.54) is 5.56 Å². The molecule has 2 aromatic rings. The van der Waals surface area contributed by atoms with E-state index in [0.29, 0.717) is 19.2 Å². The molecule has 1 aromatic heterocycles. The van der Waals surface area contributed by atoms with E-state index in [-0.39, 0.29) is 5.41 Å². The molecule has 2 N–H and O–H groups in total. The van der Waals surface area contributed by atoms with Gasteiger partial charge in [0.2, 0.25) is 0 Å². The Labute approximate surface area is 174 Å². The predicted molar refractivity (Wildman–Crippen MR) is 117 cm³/mol. The average molecular weight is 399 g/mol. The molecule has 0 radical (unpaired) electrons. The van der Waals surface area contributed by atoms with Gasteiger partial charge >= 0.3 is 0 Å². The predicted octanol–water partition coefficient (Wildman–Crippen LogP) is 2.83. The summed E-state index contributed by atoms with van der Waals surface area (Å²) in [6.07, 6.45) is 1.96. The van der Waals surface area contributed by atoms with Crippen molar-refractivity contribution in [3.63, 3.8) is 0 Å². The van der Waals surface area contributed by atoms with Gasteiger partial charge < -0.3 is 15.4 Å². The zero-order valence-corrected chi connectivity index (χ0v) is 18.3. The van der Waals surface area contributed by atoms with Gasteiger partial charge in [-0.2, -0.15) is 5.10 Å². The van der Waals surface area contributed by atoms with Crippen LogP contribution >= 0.6 is 0 Å². The van der Waals surface area contributed by atoms with Crippen LogP contribution in [0.5, 0.6) is 5.75 Å². The Morgan fingerprint density at radius 1 is 1.34 bits per heavy atom. The fourth-order valence-electron chi connectivity index (χ4n) is 3.44. The van der Waals surface area contributed by atoms with Crippen LogP contribution in [0.25, 0.3) is 0 Å². The highest BCUT2D eigenvalue weighted by molar-refractivity contribution is 5.80. The summed E-state index contributed by atoms with van der Waals surface area (Å²) in [6, 6.07) is 8.61. The fraction of sp³-hybridized carbons (Fsp3) is 0.591. The van der Waals surface area contributed by atoms with Crippen LogP contribution in [0.3, 0.4) is 0 Å². The van der Waals surface area contributed by atoms with E-state index in [1.54, 1.807) is 0 Å². The van der Waals surface area contributed by atoms with Gasteiger partial charge in [-0.3, -0.25) is 0 Å². The van der Waals surface area contributed by atoms with Crippen molar-refractivity contribution in [3.05, 3.63) is 41.5 Å². The van der Waals surface area contributed by atoms with Crippen molar-refractivity contribution in [3.8, 4) is 5.75 Å². The number of fused-ring (bicyclic) bond motifs is 1. The van der Waals surface area contributed by atoms with Gasteiger partial charge in [0.25, 0.3) is 0 Å². The topological polar surface area (TPSA) is 76.4 Å². The van der Waals surface area contributed by atoms with Crippen molar-refractivity contribution < 1.29 is 4.74 Å². The molecule has 1 aliphatic rings. The van der Waals surface area contributed by atoms with Gasteiger partial charge in [-0.1, -0.05) is 32.9 Å². The van der Waals surface area contributed by atoms with Gasteiger partial charge in [-0.05, 0) is 43.4 Å². The highest BCUT2D eigenvalue weighted by atomic mass is 16.5. The van der Waals surface area contributed by atoms with E-state index in [4.69, 9.17) is 4.74 Å². The van der Waals surface area contributed by atoms with Gasteiger partial charge in [-0.25, -0.2) is 14.7 Å². The van der Waals surface area contributed by atoms with Gasteiger partial charge in [0.15, 0.2) is 5.96 Å². The van der Waals surface area contributed by atoms with Crippen LogP contribution < -0.4 is 15.4 Å². The van der Waals surface area contributed by atoms with Gasteiger partial charge in [0, 0.05) is 19.0 Å². The van der Waals surface area contributed by atoms with Crippen LogP contribution in [0, 0.1) is 6.92 Å². The standard InChI is InChI=1S/C22H34N6O/c1-6-23-21(26-18-10-11-20-25-16(2)27-28(20)15-18)24-12-13-29-19-9-7-8-17(14-19)22(3,4)5/h7-9,14,18H,6,10-13,15H2,1-5H3,(H2,23,24,26). The maximum atomic E-state index is 5.92. The maximum absolute atomic E-state index is 5.92. The molecule has 2 heterocycles. The van der Waals surface area contributed by atoms with Gasteiger partial charge in [0.05, 0.1) is 13.1 Å². The van der Waals surface area contributed by atoms with Gasteiger partial charge in [0.1, 0.15) is 24.0 Å². The van der Waals surface area contributed by atoms with E-state index >= 15 is 0 Å². The van der Waals surface area contributed by atoms with E-state index < -0.39 is 0 Å². The molecule has 0 aliphatic carbocycles. The molecule has 1 atom stereocenters. The molecule has 0 fully saturated rings. The first-order valence-corrected chi connectivity index (χ1v) is 10.5. The number of benzene rings is 1. The smallest absolute Gasteiger partial charge is 0.191 e. The van der Waals surface area contributed by atoms with E-state index in [2.05, 4.69) is 65.5 Å². The first kappa shape index (κ1) is 21.1. The molecule has 29 heavy (non-hydrogen) atoms. The van der Waals surface area contributed by atoms with E-state index in [9.17, 15) is 0 Å². The molecule has 158 valence electrons. The van der Waals surface area contributed by atoms with E-state index in [1.807, 2.05) is 23.7 Å². The Morgan fingerprint density at radius 2 is 2.17 bits per heavy atom. The first-order valence-electron chi connectivity index (χ1n) is 10.5. The van der Waals surface area contributed by atoms with Crippen LogP contribution in [0.4, 0.5) is 0 Å². The summed E-state index contributed by atoms with van der Waals surface area (Å²) in [5, 5.41) is 11.3. The molecule has 0 saturated heterocycles. The quantitative estimate of drug-likeness (QED) is 0.445. The van der Waals surface area contributed by atoms with Crippen LogP contribution in [-0.2, 0) is 18.4 Å². The number of aryl methyl sites for hydroxylation is 2. The second-order valence-electron chi connectivity index (χ2n) is 8.52. The zero-order valence-electron chi connectivity index (χ0n) is 18.3. The molecule has 0 spiro atoms. The highest BCUT2D eigenvalue weighted by Crippen LogP contribution is 2.25. The number of nitrogens with one attached hydrogen (secondary N) is 2. The normalized spacial score (nSPS) is 17.0. The molecule has 7 nitrogen and oxygen atoms in total. The van der Waals surface area contributed by atoms with Crippen molar-refractivity contribution in [2.75, 3.05) is 19.7 Å². The minimum absolute atomic E-state index is 0.113. The summed E-state index contributed by atoms with van der Waals surface area (Å²) >= 11 is 0. The van der Waals surface area contributed by atoms with Crippen molar-refractivity contribution in [1.82, 2.24) is 25.4 Å². The number of guanidine groups is 1. The number of hydrogen-bond acceptors (Lipinski definition) is 4. The van der Waals surface area contributed by atoms with Crippen molar-refractivity contribution in [1.29, 1.82) is 0 Å². The minimum atomic E-state index is 0.113. The highest BCUT2D eigenvalue weighted by Gasteiger charge is 2.21. The lowest BCUT2D eigenvalue weighted by Gasteiger charge is -2.25. The lowest BCUT2D eigenvalue weighted by molar-refractivity contribution is 0.327. The number of nitrogens with zero attached hydrogens (tertiary/aromatic N) is 4. The number of ether oxygens (including phenoxy) is 1. The van der Waals surface area contributed by atoms with E-state index in [0.717, 1.165) is 49.3 Å². The van der Waals surface area contributed by atoms with Gasteiger partial charge in [-0.15, -0.1) is 0 Å². The lowest BCUT2D eigenvalue weighted by Crippen LogP contribution is -2.47. The Kier molecular flexibility index (Phi) is 6.77. The maximum Gasteiger partial charge on any atom is 0.191 e. The molecular weight excluding hydrogens is 364 g/mol. The number of aliphatic imine (C=N–C) groups is 1. The van der Waals surface area contributed by atoms with Crippen molar-refractivity contribution in [2.45, 2.75) is 65.5 Å². The Hall–Kier alpha value is -2.57. The van der Waals surface area contributed by atoms with Crippen molar-refractivity contribution >= 4 is 5.96 Å².